The van der Waals surface area contributed by atoms with Crippen molar-refractivity contribution in [1.29, 1.82) is 0 Å². The van der Waals surface area contributed by atoms with Crippen molar-refractivity contribution in [2.24, 2.45) is 0 Å². The van der Waals surface area contributed by atoms with Crippen molar-refractivity contribution in [3.05, 3.63) is 10.6 Å². The number of nitrogens with one attached hydrogen (secondary N) is 1. The monoisotopic (exact) mass is 284 g/mol. The fourth-order valence-corrected chi connectivity index (χ4v) is 2.92. The molecule has 1 aromatic rings. The molecule has 1 saturated carbocycles. The molecular weight excluding hydrogens is 268 g/mol. The zero-order valence-corrected chi connectivity index (χ0v) is 11.6. The van der Waals surface area contributed by atoms with Gasteiger partial charge in [0, 0.05) is 19.6 Å². The lowest BCUT2D eigenvalue weighted by atomic mass is 9.89. The zero-order valence-electron chi connectivity index (χ0n) is 10.8. The van der Waals surface area contributed by atoms with Gasteiger partial charge in [-0.3, -0.25) is 4.79 Å². The number of ketones is 1. The Bertz CT molecular complexity index is 462. The molecule has 1 aliphatic carbocycles. The number of nitrogens with zero attached hydrogens (tertiary/aromatic N) is 1. The second kappa shape index (κ2) is 5.66. The molecule has 0 bridgehead atoms. The van der Waals surface area contributed by atoms with Crippen LogP contribution < -0.4 is 5.32 Å². The lowest BCUT2D eigenvalue weighted by molar-refractivity contribution is 0.00298. The SMILES string of the molecule is CCOC1CC(Nc2nc(C(=O)O)c(C(C)=O)s2)C1. The summed E-state index contributed by atoms with van der Waals surface area (Å²) in [7, 11) is 0. The smallest absolute Gasteiger partial charge is 0.356 e. The number of hydrogen-bond donors (Lipinski definition) is 2. The number of carboxylic acids is 1. The molecule has 6 nitrogen and oxygen atoms in total. The van der Waals surface area contributed by atoms with E-state index in [-0.39, 0.29) is 28.5 Å². The Morgan fingerprint density at radius 2 is 2.21 bits per heavy atom. The fourth-order valence-electron chi connectivity index (χ4n) is 2.00. The number of aromatic carboxylic acids is 1. The van der Waals surface area contributed by atoms with Gasteiger partial charge in [-0.05, 0) is 19.8 Å². The van der Waals surface area contributed by atoms with Crippen LogP contribution in [-0.4, -0.2) is 40.6 Å². The number of thiazole rings is 1. The molecular formula is C12H16N2O4S. The van der Waals surface area contributed by atoms with E-state index in [4.69, 9.17) is 9.84 Å². The summed E-state index contributed by atoms with van der Waals surface area (Å²) in [5.41, 5.74) is -0.166. The summed E-state index contributed by atoms with van der Waals surface area (Å²) in [6, 6.07) is 0.240. The van der Waals surface area contributed by atoms with E-state index in [9.17, 15) is 9.59 Å². The van der Waals surface area contributed by atoms with E-state index in [1.54, 1.807) is 0 Å². The number of rotatable bonds is 6. The third kappa shape index (κ3) is 3.10. The van der Waals surface area contributed by atoms with Gasteiger partial charge in [-0.2, -0.15) is 0 Å². The number of carboxylic acid groups (broad SMARTS) is 1. The van der Waals surface area contributed by atoms with Crippen LogP contribution in [0.2, 0.25) is 0 Å². The first kappa shape index (κ1) is 14.0. The van der Waals surface area contributed by atoms with Crippen LogP contribution in [0.3, 0.4) is 0 Å². The van der Waals surface area contributed by atoms with Crippen molar-refractivity contribution in [2.75, 3.05) is 11.9 Å². The highest BCUT2D eigenvalue weighted by Crippen LogP contribution is 2.30. The number of carbonyl (C=O) groups excluding carboxylic acids is 1. The van der Waals surface area contributed by atoms with Crippen LogP contribution in [0.15, 0.2) is 0 Å². The molecule has 2 N–H and O–H groups in total. The van der Waals surface area contributed by atoms with Gasteiger partial charge >= 0.3 is 5.97 Å². The number of ether oxygens (including phenoxy) is 1. The van der Waals surface area contributed by atoms with Crippen molar-refractivity contribution in [1.82, 2.24) is 4.98 Å². The van der Waals surface area contributed by atoms with Crippen molar-refractivity contribution in [3.63, 3.8) is 0 Å². The standard InChI is InChI=1S/C12H16N2O4S/c1-3-18-8-4-7(5-8)13-12-14-9(11(16)17)10(19-12)6(2)15/h7-8H,3-5H2,1-2H3,(H,13,14)(H,16,17). The van der Waals surface area contributed by atoms with Crippen molar-refractivity contribution in [3.8, 4) is 0 Å². The molecule has 0 atom stereocenters. The average Bonchev–Trinajstić information content (AvgIpc) is 2.70. The van der Waals surface area contributed by atoms with Crippen molar-refractivity contribution >= 4 is 28.2 Å². The van der Waals surface area contributed by atoms with Gasteiger partial charge < -0.3 is 15.2 Å². The molecule has 0 spiro atoms. The maximum absolute atomic E-state index is 11.3. The van der Waals surface area contributed by atoms with Crippen molar-refractivity contribution in [2.45, 2.75) is 38.8 Å². The van der Waals surface area contributed by atoms with Crippen LogP contribution in [0, 0.1) is 0 Å². The maximum atomic E-state index is 11.3. The van der Waals surface area contributed by atoms with Crippen LogP contribution in [-0.2, 0) is 4.74 Å². The van der Waals surface area contributed by atoms with Crippen LogP contribution in [0.5, 0.6) is 0 Å². The summed E-state index contributed by atoms with van der Waals surface area (Å²) in [4.78, 5) is 26.5. The van der Waals surface area contributed by atoms with Crippen LogP contribution in [0.25, 0.3) is 0 Å². The quantitative estimate of drug-likeness (QED) is 0.777. The second-order valence-corrected chi connectivity index (χ2v) is 5.45. The molecule has 0 unspecified atom stereocenters. The summed E-state index contributed by atoms with van der Waals surface area (Å²) in [5, 5.41) is 12.6. The Morgan fingerprint density at radius 1 is 1.53 bits per heavy atom. The highest BCUT2D eigenvalue weighted by molar-refractivity contribution is 7.17. The molecule has 1 fully saturated rings. The molecule has 0 aromatic carbocycles. The molecule has 1 heterocycles. The molecule has 2 rings (SSSR count). The zero-order chi connectivity index (χ0) is 14.0. The molecule has 19 heavy (non-hydrogen) atoms. The minimum atomic E-state index is -1.17. The summed E-state index contributed by atoms with van der Waals surface area (Å²) in [6.07, 6.45) is 2.03. The van der Waals surface area contributed by atoms with Gasteiger partial charge in [0.15, 0.2) is 16.6 Å². The summed E-state index contributed by atoms with van der Waals surface area (Å²) in [5.74, 6) is -1.45. The number of anilines is 1. The van der Waals surface area contributed by atoms with E-state index in [1.807, 2.05) is 6.92 Å². The minimum Gasteiger partial charge on any atom is -0.476 e. The van der Waals surface area contributed by atoms with Crippen LogP contribution >= 0.6 is 11.3 Å². The van der Waals surface area contributed by atoms with Gasteiger partial charge in [-0.15, -0.1) is 0 Å². The molecule has 0 radical (unpaired) electrons. The van der Waals surface area contributed by atoms with E-state index >= 15 is 0 Å². The number of carbonyl (C=O) groups is 2. The lowest BCUT2D eigenvalue weighted by Gasteiger charge is -2.35. The normalized spacial score (nSPS) is 21.8. The van der Waals surface area contributed by atoms with Crippen LogP contribution in [0.1, 0.15) is 46.8 Å². The molecule has 104 valence electrons. The largest absolute Gasteiger partial charge is 0.476 e. The van der Waals surface area contributed by atoms with Gasteiger partial charge in [-0.25, -0.2) is 9.78 Å². The molecule has 1 aliphatic rings. The first-order valence-corrected chi connectivity index (χ1v) is 6.96. The number of aromatic nitrogens is 1. The molecule has 0 saturated heterocycles. The van der Waals surface area contributed by atoms with Crippen LogP contribution in [0.4, 0.5) is 5.13 Å². The highest BCUT2D eigenvalue weighted by Gasteiger charge is 2.31. The van der Waals surface area contributed by atoms with E-state index < -0.39 is 5.97 Å². The summed E-state index contributed by atoms with van der Waals surface area (Å²) >= 11 is 1.09. The first-order chi connectivity index (χ1) is 9.01. The third-order valence-electron chi connectivity index (χ3n) is 2.97. The van der Waals surface area contributed by atoms with Gasteiger partial charge in [0.05, 0.1) is 6.10 Å². The predicted molar refractivity (Wildman–Crippen MR) is 71.1 cm³/mol. The van der Waals surface area contributed by atoms with Gasteiger partial charge in [0.2, 0.25) is 0 Å². The fraction of sp³-hybridized carbons (Fsp3) is 0.583. The Labute approximate surface area is 114 Å². The second-order valence-electron chi connectivity index (χ2n) is 4.45. The maximum Gasteiger partial charge on any atom is 0.356 e. The Kier molecular flexibility index (Phi) is 4.16. The van der Waals surface area contributed by atoms with Crippen molar-refractivity contribution < 1.29 is 19.4 Å². The van der Waals surface area contributed by atoms with Gasteiger partial charge in [0.1, 0.15) is 4.88 Å². The Balaban J connectivity index is 2.00. The number of Topliss-reactive ketones (excluding diaryl/α,β-unsaturated/α-hetero) is 1. The molecule has 7 heteroatoms. The van der Waals surface area contributed by atoms with E-state index in [2.05, 4.69) is 10.3 Å². The topological polar surface area (TPSA) is 88.5 Å². The molecule has 1 aromatic heterocycles. The third-order valence-corrected chi connectivity index (χ3v) is 4.06. The van der Waals surface area contributed by atoms with E-state index in [0.29, 0.717) is 11.7 Å². The van der Waals surface area contributed by atoms with Gasteiger partial charge in [0.25, 0.3) is 0 Å². The summed E-state index contributed by atoms with van der Waals surface area (Å²) < 4.78 is 5.45. The van der Waals surface area contributed by atoms with E-state index in [1.165, 1.54) is 6.92 Å². The molecule has 0 aliphatic heterocycles. The minimum absolute atomic E-state index is 0.166. The van der Waals surface area contributed by atoms with Gasteiger partial charge in [-0.1, -0.05) is 11.3 Å². The highest BCUT2D eigenvalue weighted by atomic mass is 32.1. The first-order valence-electron chi connectivity index (χ1n) is 6.14. The van der Waals surface area contributed by atoms with E-state index in [0.717, 1.165) is 24.2 Å². The summed E-state index contributed by atoms with van der Waals surface area (Å²) in [6.45, 7) is 4.00. The lowest BCUT2D eigenvalue weighted by Crippen LogP contribution is -2.40. The molecule has 0 amide bonds. The Morgan fingerprint density at radius 3 is 2.68 bits per heavy atom. The number of hydrogen-bond acceptors (Lipinski definition) is 6. The Hall–Kier alpha value is -1.47. The predicted octanol–water partition coefficient (Wildman–Crippen LogP) is 2.02. The average molecular weight is 284 g/mol.